The summed E-state index contributed by atoms with van der Waals surface area (Å²) >= 11 is 0. The summed E-state index contributed by atoms with van der Waals surface area (Å²) in [6.45, 7) is 6.04. The van der Waals surface area contributed by atoms with Gasteiger partial charge in [0.15, 0.2) is 0 Å². The van der Waals surface area contributed by atoms with Gasteiger partial charge in [-0.05, 0) is 67.6 Å². The van der Waals surface area contributed by atoms with Gasteiger partial charge in [-0.1, -0.05) is 19.1 Å². The summed E-state index contributed by atoms with van der Waals surface area (Å²) in [5.41, 5.74) is 3.25. The molecule has 1 amide bonds. The van der Waals surface area contributed by atoms with Crippen molar-refractivity contribution in [3.63, 3.8) is 0 Å². The number of carbonyl (C=O) groups is 2. The molecule has 0 spiro atoms. The number of nitrogens with one attached hydrogen (secondary N) is 1. The zero-order valence-corrected chi connectivity index (χ0v) is 14.1. The first-order chi connectivity index (χ1) is 11.4. The van der Waals surface area contributed by atoms with E-state index in [1.54, 1.807) is 30.3 Å². The topological polar surface area (TPSA) is 55.4 Å². The number of hydrogen-bond acceptors (Lipinski definition) is 3. The van der Waals surface area contributed by atoms with Crippen molar-refractivity contribution >= 4 is 17.6 Å². The minimum absolute atomic E-state index is 0.0159. The highest BCUT2D eigenvalue weighted by molar-refractivity contribution is 5.97. The lowest BCUT2D eigenvalue weighted by Crippen LogP contribution is -2.15. The van der Waals surface area contributed by atoms with Gasteiger partial charge in [0.05, 0.1) is 5.56 Å². The highest BCUT2D eigenvalue weighted by Gasteiger charge is 2.39. The highest BCUT2D eigenvalue weighted by Crippen LogP contribution is 2.38. The molecule has 0 bridgehead atoms. The van der Waals surface area contributed by atoms with E-state index in [1.165, 1.54) is 0 Å². The molecule has 0 aliphatic heterocycles. The van der Waals surface area contributed by atoms with Crippen LogP contribution in [0, 0.1) is 25.7 Å². The zero-order chi connectivity index (χ0) is 17.3. The van der Waals surface area contributed by atoms with Crippen molar-refractivity contribution in [2.75, 3.05) is 5.32 Å². The van der Waals surface area contributed by atoms with Crippen LogP contribution < -0.4 is 10.1 Å². The summed E-state index contributed by atoms with van der Waals surface area (Å²) in [4.78, 5) is 24.3. The lowest BCUT2D eigenvalue weighted by molar-refractivity contribution is -0.117. The Morgan fingerprint density at radius 2 is 1.83 bits per heavy atom. The molecule has 124 valence electrons. The number of anilines is 1. The Labute approximate surface area is 141 Å². The number of aryl methyl sites for hydroxylation is 2. The minimum Gasteiger partial charge on any atom is -0.423 e. The molecule has 0 aromatic heterocycles. The first kappa shape index (κ1) is 16.2. The molecule has 0 unspecified atom stereocenters. The molecule has 2 aromatic carbocycles. The Morgan fingerprint density at radius 3 is 2.50 bits per heavy atom. The summed E-state index contributed by atoms with van der Waals surface area (Å²) in [6.07, 6.45) is 0.931. The lowest BCUT2D eigenvalue weighted by Gasteiger charge is -2.09. The fourth-order valence-corrected chi connectivity index (χ4v) is 2.59. The number of carbonyl (C=O) groups excluding carboxylic acids is 2. The molecule has 1 fully saturated rings. The van der Waals surface area contributed by atoms with Crippen molar-refractivity contribution in [1.29, 1.82) is 0 Å². The summed E-state index contributed by atoms with van der Waals surface area (Å²) in [5.74, 6) is 0.639. The van der Waals surface area contributed by atoms with Crippen molar-refractivity contribution in [2.45, 2.75) is 27.2 Å². The second kappa shape index (κ2) is 6.48. The van der Waals surface area contributed by atoms with E-state index < -0.39 is 5.97 Å². The third-order valence-electron chi connectivity index (χ3n) is 4.50. The lowest BCUT2D eigenvalue weighted by atomic mass is 10.1. The minimum atomic E-state index is -0.436. The Kier molecular flexibility index (Phi) is 4.38. The van der Waals surface area contributed by atoms with E-state index in [4.69, 9.17) is 4.74 Å². The SMILES string of the molecule is Cc1ccc(OC(=O)c2cccc(NC(=O)[C@H]3C[C@H]3C)c2)cc1C. The van der Waals surface area contributed by atoms with E-state index in [1.807, 2.05) is 26.0 Å². The molecule has 1 N–H and O–H groups in total. The highest BCUT2D eigenvalue weighted by atomic mass is 16.5. The largest absolute Gasteiger partial charge is 0.423 e. The van der Waals surface area contributed by atoms with Crippen molar-refractivity contribution < 1.29 is 14.3 Å². The van der Waals surface area contributed by atoms with Gasteiger partial charge in [-0.15, -0.1) is 0 Å². The van der Waals surface area contributed by atoms with Crippen LogP contribution in [0.5, 0.6) is 5.75 Å². The molecule has 1 aliphatic carbocycles. The fourth-order valence-electron chi connectivity index (χ4n) is 2.59. The molecule has 2 atom stereocenters. The Hall–Kier alpha value is -2.62. The zero-order valence-electron chi connectivity index (χ0n) is 14.1. The average Bonchev–Trinajstić information content (AvgIpc) is 3.28. The second-order valence-electron chi connectivity index (χ2n) is 6.53. The van der Waals surface area contributed by atoms with Gasteiger partial charge in [-0.2, -0.15) is 0 Å². The van der Waals surface area contributed by atoms with Gasteiger partial charge in [0.25, 0.3) is 0 Å². The fraction of sp³-hybridized carbons (Fsp3) is 0.300. The van der Waals surface area contributed by atoms with E-state index in [9.17, 15) is 9.59 Å². The Morgan fingerprint density at radius 1 is 1.08 bits per heavy atom. The Balaban J connectivity index is 1.69. The van der Waals surface area contributed by atoms with Gasteiger partial charge in [0, 0.05) is 11.6 Å². The van der Waals surface area contributed by atoms with Crippen LogP contribution in [0.2, 0.25) is 0 Å². The third kappa shape index (κ3) is 3.65. The molecule has 1 saturated carbocycles. The molecule has 1 aliphatic rings. The smallest absolute Gasteiger partial charge is 0.343 e. The molecule has 4 nitrogen and oxygen atoms in total. The van der Waals surface area contributed by atoms with Crippen molar-refractivity contribution in [3.05, 3.63) is 59.2 Å². The van der Waals surface area contributed by atoms with Gasteiger partial charge in [-0.25, -0.2) is 4.79 Å². The number of benzene rings is 2. The second-order valence-corrected chi connectivity index (χ2v) is 6.53. The van der Waals surface area contributed by atoms with Gasteiger partial charge in [-0.3, -0.25) is 4.79 Å². The van der Waals surface area contributed by atoms with E-state index in [0.29, 0.717) is 22.9 Å². The molecular formula is C20H21NO3. The third-order valence-corrected chi connectivity index (χ3v) is 4.50. The van der Waals surface area contributed by atoms with E-state index in [2.05, 4.69) is 12.2 Å². The van der Waals surface area contributed by atoms with Gasteiger partial charge in [0.2, 0.25) is 5.91 Å². The molecular weight excluding hydrogens is 302 g/mol. The monoisotopic (exact) mass is 323 g/mol. The molecule has 0 saturated heterocycles. The molecule has 2 aromatic rings. The van der Waals surface area contributed by atoms with Crippen LogP contribution in [0.3, 0.4) is 0 Å². The number of rotatable bonds is 4. The maximum atomic E-state index is 12.3. The predicted octanol–water partition coefficient (Wildman–Crippen LogP) is 4.12. The maximum absolute atomic E-state index is 12.3. The van der Waals surface area contributed by atoms with Crippen LogP contribution in [-0.4, -0.2) is 11.9 Å². The molecule has 3 rings (SSSR count). The maximum Gasteiger partial charge on any atom is 0.343 e. The van der Waals surface area contributed by atoms with Gasteiger partial charge >= 0.3 is 5.97 Å². The van der Waals surface area contributed by atoms with Crippen molar-refractivity contribution in [1.82, 2.24) is 0 Å². The standard InChI is InChI=1S/C20H21NO3/c1-12-7-8-17(9-13(12)2)24-20(23)15-5-4-6-16(11-15)21-19(22)18-10-14(18)3/h4-9,11,14,18H,10H2,1-3H3,(H,21,22)/t14-,18+/m1/s1. The van der Waals surface area contributed by atoms with E-state index in [-0.39, 0.29) is 11.8 Å². The molecule has 0 radical (unpaired) electrons. The number of hydrogen-bond donors (Lipinski definition) is 1. The Bertz CT molecular complexity index is 797. The summed E-state index contributed by atoms with van der Waals surface area (Å²) in [6, 6.07) is 12.4. The van der Waals surface area contributed by atoms with E-state index >= 15 is 0 Å². The summed E-state index contributed by atoms with van der Waals surface area (Å²) in [7, 11) is 0. The number of amides is 1. The van der Waals surface area contributed by atoms with Crippen LogP contribution in [0.25, 0.3) is 0 Å². The number of esters is 1. The van der Waals surface area contributed by atoms with E-state index in [0.717, 1.165) is 17.5 Å². The summed E-state index contributed by atoms with van der Waals surface area (Å²) < 4.78 is 5.42. The predicted molar refractivity (Wildman–Crippen MR) is 93.2 cm³/mol. The van der Waals surface area contributed by atoms with Gasteiger partial charge in [0.1, 0.15) is 5.75 Å². The van der Waals surface area contributed by atoms with Crippen molar-refractivity contribution in [2.24, 2.45) is 11.8 Å². The van der Waals surface area contributed by atoms with Crippen molar-refractivity contribution in [3.8, 4) is 5.75 Å². The summed E-state index contributed by atoms with van der Waals surface area (Å²) in [5, 5.41) is 2.86. The quantitative estimate of drug-likeness (QED) is 0.680. The van der Waals surface area contributed by atoms with Crippen LogP contribution in [0.15, 0.2) is 42.5 Å². The van der Waals surface area contributed by atoms with Gasteiger partial charge < -0.3 is 10.1 Å². The first-order valence-corrected chi connectivity index (χ1v) is 8.14. The average molecular weight is 323 g/mol. The molecule has 4 heteroatoms. The van der Waals surface area contributed by atoms with Crippen LogP contribution >= 0.6 is 0 Å². The molecule has 24 heavy (non-hydrogen) atoms. The normalized spacial score (nSPS) is 18.8. The molecule has 0 heterocycles. The van der Waals surface area contributed by atoms with Crippen LogP contribution in [0.1, 0.15) is 34.8 Å². The van der Waals surface area contributed by atoms with Crippen LogP contribution in [0.4, 0.5) is 5.69 Å². The van der Waals surface area contributed by atoms with Crippen LogP contribution in [-0.2, 0) is 4.79 Å². The number of ether oxygens (including phenoxy) is 1. The first-order valence-electron chi connectivity index (χ1n) is 8.14.